The third kappa shape index (κ3) is 3.22. The highest BCUT2D eigenvalue weighted by Gasteiger charge is 2.36. The van der Waals surface area contributed by atoms with Gasteiger partial charge in [0.05, 0.1) is 24.9 Å². The smallest absolute Gasteiger partial charge is 0.151 e. The van der Waals surface area contributed by atoms with Crippen molar-refractivity contribution in [1.82, 2.24) is 15.4 Å². The number of fused-ring (bicyclic) bond motifs is 1. The zero-order chi connectivity index (χ0) is 13.8. The van der Waals surface area contributed by atoms with Gasteiger partial charge in [-0.15, -0.1) is 0 Å². The van der Waals surface area contributed by atoms with Crippen LogP contribution in [0.15, 0.2) is 10.6 Å². The quantitative estimate of drug-likeness (QED) is 0.806. The number of nitrogens with zero attached hydrogens (tertiary/aromatic N) is 2. The molecule has 1 saturated heterocycles. The molecule has 3 rings (SSSR count). The van der Waals surface area contributed by atoms with E-state index < -0.39 is 0 Å². The first-order chi connectivity index (χ1) is 9.86. The van der Waals surface area contributed by atoms with E-state index in [1.165, 1.54) is 19.3 Å². The van der Waals surface area contributed by atoms with E-state index in [1.807, 2.05) is 0 Å². The Labute approximate surface area is 120 Å². The Morgan fingerprint density at radius 2 is 2.40 bits per heavy atom. The van der Waals surface area contributed by atoms with Crippen LogP contribution in [0.2, 0.25) is 0 Å². The third-order valence-corrected chi connectivity index (χ3v) is 4.30. The molecule has 0 amide bonds. The van der Waals surface area contributed by atoms with Gasteiger partial charge in [-0.1, -0.05) is 12.1 Å². The lowest BCUT2D eigenvalue weighted by molar-refractivity contribution is -0.0610. The van der Waals surface area contributed by atoms with E-state index in [-0.39, 0.29) is 0 Å². The number of rotatable bonds is 6. The van der Waals surface area contributed by atoms with Crippen LogP contribution in [0, 0.1) is 0 Å². The van der Waals surface area contributed by atoms with Crippen LogP contribution >= 0.6 is 0 Å². The third-order valence-electron chi connectivity index (χ3n) is 4.30. The van der Waals surface area contributed by atoms with Crippen LogP contribution in [-0.2, 0) is 17.8 Å². The molecule has 5 nitrogen and oxygen atoms in total. The van der Waals surface area contributed by atoms with Gasteiger partial charge in [-0.25, -0.2) is 0 Å². The van der Waals surface area contributed by atoms with Crippen molar-refractivity contribution in [2.75, 3.05) is 19.7 Å². The summed E-state index contributed by atoms with van der Waals surface area (Å²) in [6.45, 7) is 6.70. The lowest BCUT2D eigenvalue weighted by atomic mass is 10.1. The monoisotopic (exact) mass is 279 g/mol. The highest BCUT2D eigenvalue weighted by molar-refractivity contribution is 5.06. The summed E-state index contributed by atoms with van der Waals surface area (Å²) in [5.41, 5.74) is 1.00. The van der Waals surface area contributed by atoms with Crippen molar-refractivity contribution in [2.45, 2.75) is 57.8 Å². The summed E-state index contributed by atoms with van der Waals surface area (Å²) >= 11 is 0. The van der Waals surface area contributed by atoms with Gasteiger partial charge in [0.25, 0.3) is 0 Å². The van der Waals surface area contributed by atoms with E-state index >= 15 is 0 Å². The maximum atomic E-state index is 5.84. The van der Waals surface area contributed by atoms with Crippen LogP contribution < -0.4 is 5.32 Å². The molecule has 0 spiro atoms. The second-order valence-corrected chi connectivity index (χ2v) is 5.84. The minimum atomic E-state index is 0.442. The van der Waals surface area contributed by atoms with Crippen LogP contribution in [0.5, 0.6) is 0 Å². The van der Waals surface area contributed by atoms with E-state index in [2.05, 4.69) is 28.4 Å². The van der Waals surface area contributed by atoms with Gasteiger partial charge in [0, 0.05) is 25.2 Å². The summed E-state index contributed by atoms with van der Waals surface area (Å²) in [5.74, 6) is 0.978. The van der Waals surface area contributed by atoms with Gasteiger partial charge in [-0.05, 0) is 32.2 Å². The zero-order valence-corrected chi connectivity index (χ0v) is 12.3. The summed E-state index contributed by atoms with van der Waals surface area (Å²) in [5, 5.41) is 7.49. The number of morpholine rings is 1. The molecular formula is C15H25N3O2. The second kappa shape index (κ2) is 6.70. The Bertz CT molecular complexity index is 421. The molecular weight excluding hydrogens is 254 g/mol. The predicted molar refractivity (Wildman–Crippen MR) is 76.3 cm³/mol. The molecule has 1 aromatic rings. The first-order valence-electron chi connectivity index (χ1n) is 7.87. The molecule has 2 unspecified atom stereocenters. The molecule has 2 fully saturated rings. The van der Waals surface area contributed by atoms with Crippen molar-refractivity contribution in [3.8, 4) is 0 Å². The lowest BCUT2D eigenvalue weighted by Crippen LogP contribution is -2.47. The Balaban J connectivity index is 1.54. The highest BCUT2D eigenvalue weighted by atomic mass is 16.5. The van der Waals surface area contributed by atoms with Crippen LogP contribution in [-0.4, -0.2) is 41.9 Å². The van der Waals surface area contributed by atoms with Crippen LogP contribution in [0.25, 0.3) is 0 Å². The van der Waals surface area contributed by atoms with Crippen molar-refractivity contribution >= 4 is 0 Å². The van der Waals surface area contributed by atoms with E-state index in [0.717, 1.165) is 50.7 Å². The molecule has 1 N–H and O–H groups in total. The highest BCUT2D eigenvalue weighted by Crippen LogP contribution is 2.30. The van der Waals surface area contributed by atoms with Crippen molar-refractivity contribution < 1.29 is 9.26 Å². The van der Waals surface area contributed by atoms with E-state index in [0.29, 0.717) is 12.1 Å². The molecule has 1 aliphatic carbocycles. The molecule has 20 heavy (non-hydrogen) atoms. The van der Waals surface area contributed by atoms with Gasteiger partial charge in [-0.3, -0.25) is 4.90 Å². The van der Waals surface area contributed by atoms with E-state index in [1.54, 1.807) is 0 Å². The molecule has 0 bridgehead atoms. The van der Waals surface area contributed by atoms with Crippen molar-refractivity contribution in [3.05, 3.63) is 17.5 Å². The van der Waals surface area contributed by atoms with Crippen LogP contribution in [0.3, 0.4) is 0 Å². The summed E-state index contributed by atoms with van der Waals surface area (Å²) in [6.07, 6.45) is 5.33. The van der Waals surface area contributed by atoms with Crippen molar-refractivity contribution in [1.29, 1.82) is 0 Å². The average Bonchev–Trinajstić information content (AvgIpc) is 3.09. The summed E-state index contributed by atoms with van der Waals surface area (Å²) in [6, 6.07) is 2.66. The normalized spacial score (nSPS) is 26.9. The van der Waals surface area contributed by atoms with Gasteiger partial charge in [0.2, 0.25) is 0 Å². The van der Waals surface area contributed by atoms with Gasteiger partial charge in [0.1, 0.15) is 0 Å². The Kier molecular flexibility index (Phi) is 4.70. The fourth-order valence-corrected chi connectivity index (χ4v) is 3.31. The fraction of sp³-hybridized carbons (Fsp3) is 0.800. The van der Waals surface area contributed by atoms with Crippen LogP contribution in [0.1, 0.15) is 44.1 Å². The Hall–Kier alpha value is -0.910. The minimum absolute atomic E-state index is 0.442. The number of nitrogens with one attached hydrogen (secondary N) is 1. The van der Waals surface area contributed by atoms with E-state index in [4.69, 9.17) is 9.26 Å². The average molecular weight is 279 g/mol. The molecule has 0 radical (unpaired) electrons. The second-order valence-electron chi connectivity index (χ2n) is 5.84. The lowest BCUT2D eigenvalue weighted by Gasteiger charge is -2.36. The van der Waals surface area contributed by atoms with E-state index in [9.17, 15) is 0 Å². The molecule has 2 aliphatic rings. The largest absolute Gasteiger partial charge is 0.375 e. The summed E-state index contributed by atoms with van der Waals surface area (Å²) in [4.78, 5) is 2.50. The predicted octanol–water partition coefficient (Wildman–Crippen LogP) is 1.93. The molecule has 112 valence electrons. The molecule has 1 saturated carbocycles. The molecule has 5 heteroatoms. The Morgan fingerprint density at radius 1 is 1.45 bits per heavy atom. The zero-order valence-electron chi connectivity index (χ0n) is 12.3. The number of hydrogen-bond acceptors (Lipinski definition) is 5. The minimum Gasteiger partial charge on any atom is -0.375 e. The first kappa shape index (κ1) is 14.0. The summed E-state index contributed by atoms with van der Waals surface area (Å²) < 4.78 is 11.3. The van der Waals surface area contributed by atoms with Gasteiger partial charge < -0.3 is 14.6 Å². The summed E-state index contributed by atoms with van der Waals surface area (Å²) in [7, 11) is 0. The van der Waals surface area contributed by atoms with Gasteiger partial charge >= 0.3 is 0 Å². The first-order valence-corrected chi connectivity index (χ1v) is 7.87. The molecule has 2 heterocycles. The standard InChI is InChI=1S/C15H25N3O2/c1-2-6-16-10-12-9-13(20-17-12)11-18-7-8-19-15-5-3-4-14(15)18/h9,14-16H,2-8,10-11H2,1H3. The SMILES string of the molecule is CCCNCc1cc(CN2CCOC3CCCC32)on1. The number of ether oxygens (including phenoxy) is 1. The van der Waals surface area contributed by atoms with Crippen molar-refractivity contribution in [3.63, 3.8) is 0 Å². The Morgan fingerprint density at radius 3 is 3.30 bits per heavy atom. The molecule has 1 aromatic heterocycles. The molecule has 0 aromatic carbocycles. The number of aromatic nitrogens is 1. The van der Waals surface area contributed by atoms with Gasteiger partial charge in [0.15, 0.2) is 5.76 Å². The molecule has 1 aliphatic heterocycles. The van der Waals surface area contributed by atoms with Crippen LogP contribution in [0.4, 0.5) is 0 Å². The van der Waals surface area contributed by atoms with Gasteiger partial charge in [-0.2, -0.15) is 0 Å². The fourth-order valence-electron chi connectivity index (χ4n) is 3.31. The maximum Gasteiger partial charge on any atom is 0.151 e. The topological polar surface area (TPSA) is 50.5 Å². The van der Waals surface area contributed by atoms with Crippen molar-refractivity contribution in [2.24, 2.45) is 0 Å². The number of hydrogen-bond donors (Lipinski definition) is 1. The molecule has 2 atom stereocenters. The maximum absolute atomic E-state index is 5.84.